The van der Waals surface area contributed by atoms with Crippen molar-refractivity contribution in [3.63, 3.8) is 0 Å². The van der Waals surface area contributed by atoms with Crippen molar-refractivity contribution in [3.8, 4) is 11.4 Å². The number of aryl methyl sites for hydroxylation is 3. The molecule has 0 fully saturated rings. The molecular weight excluding hydrogens is 350 g/mol. The van der Waals surface area contributed by atoms with Gasteiger partial charge in [-0.25, -0.2) is 0 Å². The van der Waals surface area contributed by atoms with Gasteiger partial charge in [-0.15, -0.1) is 10.2 Å². The van der Waals surface area contributed by atoms with Crippen molar-refractivity contribution in [2.45, 2.75) is 52.1 Å². The van der Waals surface area contributed by atoms with Crippen LogP contribution in [-0.2, 0) is 24.2 Å². The molecule has 0 bridgehead atoms. The Labute approximate surface area is 165 Å². The molecule has 1 unspecified atom stereocenters. The molecule has 0 saturated heterocycles. The number of hydrogen-bond acceptors (Lipinski definition) is 4. The summed E-state index contributed by atoms with van der Waals surface area (Å²) in [5.74, 6) is 0.410. The Bertz CT molecular complexity index is 994. The summed E-state index contributed by atoms with van der Waals surface area (Å²) in [5, 5.41) is 15.5. The minimum absolute atomic E-state index is 0.0498. The molecule has 1 aliphatic rings. The Morgan fingerprint density at radius 3 is 2.75 bits per heavy atom. The molecule has 144 valence electrons. The fourth-order valence-electron chi connectivity index (χ4n) is 3.76. The second-order valence-electron chi connectivity index (χ2n) is 7.48. The molecule has 0 spiro atoms. The minimum atomic E-state index is -0.126. The average molecular weight is 375 g/mol. The van der Waals surface area contributed by atoms with Gasteiger partial charge >= 0.3 is 0 Å². The molecule has 1 atom stereocenters. The number of nitrogens with one attached hydrogen (secondary N) is 1. The third-order valence-corrected chi connectivity index (χ3v) is 5.37. The summed E-state index contributed by atoms with van der Waals surface area (Å²) < 4.78 is 0. The van der Waals surface area contributed by atoms with Crippen molar-refractivity contribution in [2.24, 2.45) is 0 Å². The number of rotatable bonds is 5. The fourth-order valence-corrected chi connectivity index (χ4v) is 3.76. The molecule has 0 aliphatic heterocycles. The van der Waals surface area contributed by atoms with E-state index < -0.39 is 0 Å². The van der Waals surface area contributed by atoms with Gasteiger partial charge in [0.25, 0.3) is 0 Å². The molecule has 0 radical (unpaired) electrons. The van der Waals surface area contributed by atoms with Crippen molar-refractivity contribution < 1.29 is 4.79 Å². The number of hydrogen-bond donors (Lipinski definition) is 1. The van der Waals surface area contributed by atoms with Gasteiger partial charge in [0.15, 0.2) is 0 Å². The molecule has 1 aromatic heterocycles. The van der Waals surface area contributed by atoms with Crippen LogP contribution >= 0.6 is 0 Å². The van der Waals surface area contributed by atoms with Gasteiger partial charge in [0.05, 0.1) is 6.04 Å². The highest BCUT2D eigenvalue weighted by atomic mass is 16.2. The minimum Gasteiger partial charge on any atom is -0.348 e. The standard InChI is InChI=1S/C22H25N5O/c1-15-7-3-6-10-20(15)22-24-26-27(25-22)14-21(28)23-16(2)18-12-11-17-8-4-5-9-19(17)13-18/h3,6-7,10-13,16H,4-5,8-9,14H2,1-2H3,(H,23,28). The summed E-state index contributed by atoms with van der Waals surface area (Å²) in [6.45, 7) is 4.06. The van der Waals surface area contributed by atoms with Crippen LogP contribution in [0.1, 0.15) is 48.1 Å². The van der Waals surface area contributed by atoms with E-state index in [9.17, 15) is 4.79 Å². The van der Waals surface area contributed by atoms with Crippen molar-refractivity contribution in [1.82, 2.24) is 25.5 Å². The molecule has 1 aliphatic carbocycles. The molecule has 3 aromatic rings. The molecule has 6 nitrogen and oxygen atoms in total. The van der Waals surface area contributed by atoms with Crippen LogP contribution in [0.25, 0.3) is 11.4 Å². The summed E-state index contributed by atoms with van der Waals surface area (Å²) in [7, 11) is 0. The molecule has 6 heteroatoms. The molecule has 2 aromatic carbocycles. The zero-order chi connectivity index (χ0) is 19.5. The lowest BCUT2D eigenvalue weighted by Crippen LogP contribution is -2.31. The zero-order valence-electron chi connectivity index (χ0n) is 16.4. The van der Waals surface area contributed by atoms with E-state index in [4.69, 9.17) is 0 Å². The van der Waals surface area contributed by atoms with Crippen molar-refractivity contribution in [2.75, 3.05) is 0 Å². The third-order valence-electron chi connectivity index (χ3n) is 5.37. The van der Waals surface area contributed by atoms with E-state index in [0.717, 1.165) is 29.5 Å². The lowest BCUT2D eigenvalue weighted by Gasteiger charge is -2.20. The van der Waals surface area contributed by atoms with E-state index in [-0.39, 0.29) is 18.5 Å². The van der Waals surface area contributed by atoms with Crippen LogP contribution in [0.4, 0.5) is 0 Å². The maximum atomic E-state index is 12.5. The molecular formula is C22H25N5O. The second-order valence-corrected chi connectivity index (χ2v) is 7.48. The van der Waals surface area contributed by atoms with Gasteiger partial charge in [0.2, 0.25) is 11.7 Å². The number of amides is 1. The summed E-state index contributed by atoms with van der Waals surface area (Å²) >= 11 is 0. The fraction of sp³-hybridized carbons (Fsp3) is 0.364. The van der Waals surface area contributed by atoms with Gasteiger partial charge in [-0.3, -0.25) is 4.79 Å². The van der Waals surface area contributed by atoms with E-state index >= 15 is 0 Å². The third kappa shape index (κ3) is 3.96. The predicted octanol–water partition coefficient (Wildman–Crippen LogP) is 3.40. The lowest BCUT2D eigenvalue weighted by atomic mass is 9.89. The maximum absolute atomic E-state index is 12.5. The van der Waals surface area contributed by atoms with Gasteiger partial charge in [-0.1, -0.05) is 42.5 Å². The number of aromatic nitrogens is 4. The Kier molecular flexibility index (Phi) is 5.19. The van der Waals surface area contributed by atoms with E-state index in [1.54, 1.807) is 0 Å². The highest BCUT2D eigenvalue weighted by Crippen LogP contribution is 2.24. The molecule has 1 amide bonds. The van der Waals surface area contributed by atoms with Crippen LogP contribution < -0.4 is 5.32 Å². The Morgan fingerprint density at radius 2 is 1.93 bits per heavy atom. The van der Waals surface area contributed by atoms with Crippen LogP contribution in [0.2, 0.25) is 0 Å². The quantitative estimate of drug-likeness (QED) is 0.742. The van der Waals surface area contributed by atoms with Crippen LogP contribution in [0, 0.1) is 6.92 Å². The average Bonchev–Trinajstić information content (AvgIpc) is 3.15. The number of fused-ring (bicyclic) bond motifs is 1. The highest BCUT2D eigenvalue weighted by molar-refractivity contribution is 5.76. The second kappa shape index (κ2) is 7.92. The summed E-state index contributed by atoms with van der Waals surface area (Å²) in [4.78, 5) is 13.8. The van der Waals surface area contributed by atoms with Crippen LogP contribution in [0.15, 0.2) is 42.5 Å². The smallest absolute Gasteiger partial charge is 0.244 e. The largest absolute Gasteiger partial charge is 0.348 e. The predicted molar refractivity (Wildman–Crippen MR) is 108 cm³/mol. The summed E-state index contributed by atoms with van der Waals surface area (Å²) in [5.41, 5.74) is 6.01. The normalized spacial score (nSPS) is 14.4. The first kappa shape index (κ1) is 18.3. The number of nitrogens with zero attached hydrogens (tertiary/aromatic N) is 4. The van der Waals surface area contributed by atoms with Crippen molar-refractivity contribution >= 4 is 5.91 Å². The Balaban J connectivity index is 1.40. The maximum Gasteiger partial charge on any atom is 0.244 e. The first-order chi connectivity index (χ1) is 13.6. The first-order valence-corrected chi connectivity index (χ1v) is 9.85. The van der Waals surface area contributed by atoms with Gasteiger partial charge in [0, 0.05) is 5.56 Å². The van der Waals surface area contributed by atoms with Gasteiger partial charge < -0.3 is 5.32 Å². The molecule has 1 heterocycles. The zero-order valence-corrected chi connectivity index (χ0v) is 16.4. The number of benzene rings is 2. The Morgan fingerprint density at radius 1 is 1.14 bits per heavy atom. The Hall–Kier alpha value is -3.02. The van der Waals surface area contributed by atoms with Gasteiger partial charge in [0.1, 0.15) is 6.54 Å². The number of carbonyl (C=O) groups is 1. The van der Waals surface area contributed by atoms with E-state index in [1.807, 2.05) is 38.1 Å². The number of carbonyl (C=O) groups excluding carboxylic acids is 1. The first-order valence-electron chi connectivity index (χ1n) is 9.85. The lowest BCUT2D eigenvalue weighted by molar-refractivity contribution is -0.122. The van der Waals surface area contributed by atoms with Crippen LogP contribution in [-0.4, -0.2) is 26.1 Å². The van der Waals surface area contributed by atoms with E-state index in [2.05, 4.69) is 38.9 Å². The number of tetrazole rings is 1. The monoisotopic (exact) mass is 375 g/mol. The molecule has 4 rings (SSSR count). The molecule has 28 heavy (non-hydrogen) atoms. The van der Waals surface area contributed by atoms with E-state index in [1.165, 1.54) is 28.8 Å². The van der Waals surface area contributed by atoms with Gasteiger partial charge in [-0.2, -0.15) is 4.80 Å². The van der Waals surface area contributed by atoms with Crippen molar-refractivity contribution in [3.05, 3.63) is 64.7 Å². The van der Waals surface area contributed by atoms with Crippen LogP contribution in [0.5, 0.6) is 0 Å². The molecule has 0 saturated carbocycles. The summed E-state index contributed by atoms with van der Waals surface area (Å²) in [6.07, 6.45) is 4.82. The SMILES string of the molecule is Cc1ccccc1-c1nnn(CC(=O)NC(C)c2ccc3c(c2)CCCC3)n1. The van der Waals surface area contributed by atoms with Crippen LogP contribution in [0.3, 0.4) is 0 Å². The van der Waals surface area contributed by atoms with Crippen molar-refractivity contribution in [1.29, 1.82) is 0 Å². The molecule has 1 N–H and O–H groups in total. The van der Waals surface area contributed by atoms with Gasteiger partial charge in [-0.05, 0) is 67.0 Å². The summed E-state index contributed by atoms with van der Waals surface area (Å²) in [6, 6.07) is 14.4. The highest BCUT2D eigenvalue weighted by Gasteiger charge is 2.16. The van der Waals surface area contributed by atoms with E-state index in [0.29, 0.717) is 5.82 Å². The topological polar surface area (TPSA) is 72.7 Å².